The molecule has 0 aromatic carbocycles. The van der Waals surface area contributed by atoms with Gasteiger partial charge in [-0.1, -0.05) is 64.2 Å². The van der Waals surface area contributed by atoms with Gasteiger partial charge in [0.05, 0.1) is 0 Å². The third-order valence-corrected chi connectivity index (χ3v) is 6.42. The maximum Gasteiger partial charge on any atom is 0.210 e. The molecule has 87 valence electrons. The monoisotopic (exact) mass is 225 g/mol. The largest absolute Gasteiger partial charge is 0.306 e. The molecular formula is C13H25OSi. The van der Waals surface area contributed by atoms with Crippen LogP contribution in [0.3, 0.4) is 0 Å². The van der Waals surface area contributed by atoms with Crippen molar-refractivity contribution in [3.8, 4) is 0 Å². The molecule has 0 aromatic heterocycles. The molecule has 0 bridgehead atoms. The lowest BCUT2D eigenvalue weighted by Crippen LogP contribution is -2.26. The van der Waals surface area contributed by atoms with Crippen LogP contribution in [0.1, 0.15) is 64.2 Å². The van der Waals surface area contributed by atoms with Gasteiger partial charge in [0.15, 0.2) is 0 Å². The summed E-state index contributed by atoms with van der Waals surface area (Å²) >= 11 is 0. The SMILES string of the molecule is [O][SiH2]C(C1CCCCC1)C1CCCCC1. The summed E-state index contributed by atoms with van der Waals surface area (Å²) in [6, 6.07) is 0. The van der Waals surface area contributed by atoms with E-state index in [1.165, 1.54) is 64.2 Å². The Morgan fingerprint density at radius 1 is 0.733 bits per heavy atom. The number of hydrogen-bond acceptors (Lipinski definition) is 0. The average Bonchev–Trinajstić information content (AvgIpc) is 2.33. The molecular weight excluding hydrogens is 200 g/mol. The van der Waals surface area contributed by atoms with Crippen LogP contribution >= 0.6 is 0 Å². The van der Waals surface area contributed by atoms with E-state index in [0.717, 1.165) is 11.8 Å². The van der Waals surface area contributed by atoms with Crippen LogP contribution in [0.25, 0.3) is 0 Å². The molecule has 2 aliphatic rings. The quantitative estimate of drug-likeness (QED) is 0.656. The van der Waals surface area contributed by atoms with Crippen LogP contribution in [-0.4, -0.2) is 9.76 Å². The Morgan fingerprint density at radius 2 is 1.13 bits per heavy atom. The second kappa shape index (κ2) is 6.05. The van der Waals surface area contributed by atoms with Gasteiger partial charge in [0.25, 0.3) is 0 Å². The lowest BCUT2D eigenvalue weighted by Gasteiger charge is -2.36. The Balaban J connectivity index is 1.88. The van der Waals surface area contributed by atoms with E-state index in [2.05, 4.69) is 0 Å². The third kappa shape index (κ3) is 3.07. The highest BCUT2D eigenvalue weighted by Gasteiger charge is 2.31. The van der Waals surface area contributed by atoms with Gasteiger partial charge in [-0.3, -0.25) is 0 Å². The predicted octanol–water partition coefficient (Wildman–Crippen LogP) is 3.45. The van der Waals surface area contributed by atoms with E-state index in [0.29, 0.717) is 5.54 Å². The first-order valence-corrected chi connectivity index (χ1v) is 8.39. The first-order chi connectivity index (χ1) is 7.42. The summed E-state index contributed by atoms with van der Waals surface area (Å²) in [5, 5.41) is 0. The van der Waals surface area contributed by atoms with Crippen LogP contribution in [0, 0.1) is 11.8 Å². The summed E-state index contributed by atoms with van der Waals surface area (Å²) in [6.07, 6.45) is 14.0. The van der Waals surface area contributed by atoms with Crippen LogP contribution in [-0.2, 0) is 4.80 Å². The lowest BCUT2D eigenvalue weighted by molar-refractivity contribution is 0.229. The smallest absolute Gasteiger partial charge is 0.210 e. The molecule has 1 radical (unpaired) electrons. The standard InChI is InChI=1S/C13H25OSi/c14-15-13(11-7-3-1-4-8-11)12-9-5-2-6-10-12/h11-13H,1-10,15H2. The molecule has 0 aromatic rings. The third-order valence-electron chi connectivity index (χ3n) is 4.70. The van der Waals surface area contributed by atoms with E-state index in [1.807, 2.05) is 0 Å². The first kappa shape index (κ1) is 11.7. The molecule has 0 atom stereocenters. The summed E-state index contributed by atoms with van der Waals surface area (Å²) in [5.74, 6) is 1.71. The Morgan fingerprint density at radius 3 is 1.47 bits per heavy atom. The van der Waals surface area contributed by atoms with Gasteiger partial charge in [0.2, 0.25) is 9.76 Å². The van der Waals surface area contributed by atoms with Crippen molar-refractivity contribution in [1.82, 2.24) is 0 Å². The van der Waals surface area contributed by atoms with E-state index in [1.54, 1.807) is 0 Å². The van der Waals surface area contributed by atoms with Gasteiger partial charge in [-0.2, -0.15) is 0 Å². The van der Waals surface area contributed by atoms with Crippen molar-refractivity contribution in [3.05, 3.63) is 0 Å². The molecule has 2 fully saturated rings. The maximum absolute atomic E-state index is 11.6. The Labute approximate surface area is 96.6 Å². The maximum atomic E-state index is 11.6. The fraction of sp³-hybridized carbons (Fsp3) is 1.00. The zero-order valence-corrected chi connectivity index (χ0v) is 11.3. The van der Waals surface area contributed by atoms with E-state index >= 15 is 0 Å². The van der Waals surface area contributed by atoms with Gasteiger partial charge >= 0.3 is 0 Å². The van der Waals surface area contributed by atoms with Crippen LogP contribution in [0.5, 0.6) is 0 Å². The van der Waals surface area contributed by atoms with Gasteiger partial charge in [-0.05, 0) is 17.4 Å². The van der Waals surface area contributed by atoms with Crippen LogP contribution in [0.2, 0.25) is 5.54 Å². The topological polar surface area (TPSA) is 19.9 Å². The minimum absolute atomic E-state index is 0.672. The van der Waals surface area contributed by atoms with Crippen LogP contribution in [0.4, 0.5) is 0 Å². The summed E-state index contributed by atoms with van der Waals surface area (Å²) in [5.41, 5.74) is 0.672. The van der Waals surface area contributed by atoms with Crippen LogP contribution < -0.4 is 0 Å². The molecule has 2 aliphatic carbocycles. The van der Waals surface area contributed by atoms with Crippen molar-refractivity contribution in [1.29, 1.82) is 0 Å². The molecule has 15 heavy (non-hydrogen) atoms. The molecule has 0 saturated heterocycles. The van der Waals surface area contributed by atoms with Crippen LogP contribution in [0.15, 0.2) is 0 Å². The molecule has 0 amide bonds. The lowest BCUT2D eigenvalue weighted by atomic mass is 9.77. The van der Waals surface area contributed by atoms with E-state index in [9.17, 15) is 4.80 Å². The zero-order chi connectivity index (χ0) is 10.5. The van der Waals surface area contributed by atoms with E-state index in [-0.39, 0.29) is 0 Å². The molecule has 0 heterocycles. The van der Waals surface area contributed by atoms with Crippen molar-refractivity contribution in [2.45, 2.75) is 69.7 Å². The van der Waals surface area contributed by atoms with Gasteiger partial charge < -0.3 is 4.80 Å². The fourth-order valence-corrected chi connectivity index (χ4v) is 5.27. The molecule has 0 unspecified atom stereocenters. The van der Waals surface area contributed by atoms with Gasteiger partial charge in [-0.25, -0.2) is 0 Å². The molecule has 1 nitrogen and oxygen atoms in total. The second-order valence-corrected chi connectivity index (χ2v) is 6.90. The highest BCUT2D eigenvalue weighted by atomic mass is 28.2. The second-order valence-electron chi connectivity index (χ2n) is 5.63. The molecule has 2 saturated carbocycles. The van der Waals surface area contributed by atoms with Crippen molar-refractivity contribution in [2.75, 3.05) is 0 Å². The normalized spacial score (nSPS) is 26.8. The fourth-order valence-electron chi connectivity index (χ4n) is 3.78. The van der Waals surface area contributed by atoms with E-state index < -0.39 is 9.76 Å². The summed E-state index contributed by atoms with van der Waals surface area (Å²) in [6.45, 7) is 0. The van der Waals surface area contributed by atoms with Crippen molar-refractivity contribution >= 4 is 9.76 Å². The van der Waals surface area contributed by atoms with E-state index in [4.69, 9.17) is 0 Å². The Kier molecular flexibility index (Phi) is 4.70. The number of hydrogen-bond donors (Lipinski definition) is 0. The Bertz CT molecular complexity index is 153. The van der Waals surface area contributed by atoms with Crippen molar-refractivity contribution in [3.63, 3.8) is 0 Å². The molecule has 2 rings (SSSR count). The number of rotatable bonds is 3. The highest BCUT2D eigenvalue weighted by Crippen LogP contribution is 2.42. The highest BCUT2D eigenvalue weighted by molar-refractivity contribution is 6.27. The first-order valence-electron chi connectivity index (χ1n) is 7.00. The summed E-state index contributed by atoms with van der Waals surface area (Å²) in [7, 11) is -1.01. The van der Waals surface area contributed by atoms with Crippen molar-refractivity contribution in [2.24, 2.45) is 11.8 Å². The molecule has 0 aliphatic heterocycles. The van der Waals surface area contributed by atoms with Gasteiger partial charge in [0, 0.05) is 0 Å². The van der Waals surface area contributed by atoms with Gasteiger partial charge in [0.1, 0.15) is 0 Å². The molecule has 2 heteroatoms. The zero-order valence-electron chi connectivity index (χ0n) is 9.92. The summed E-state index contributed by atoms with van der Waals surface area (Å²) < 4.78 is 0. The minimum atomic E-state index is -1.01. The Hall–Kier alpha value is 0.177. The molecule has 0 spiro atoms. The summed E-state index contributed by atoms with van der Waals surface area (Å²) in [4.78, 5) is 11.6. The van der Waals surface area contributed by atoms with Gasteiger partial charge in [-0.15, -0.1) is 0 Å². The predicted molar refractivity (Wildman–Crippen MR) is 66.1 cm³/mol. The van der Waals surface area contributed by atoms with Crippen molar-refractivity contribution < 1.29 is 4.80 Å². The minimum Gasteiger partial charge on any atom is -0.306 e. The average molecular weight is 225 g/mol. The molecule has 0 N–H and O–H groups in total.